The highest BCUT2D eigenvalue weighted by atomic mass is 16.5. The molecular formula is C28H40N4O4. The van der Waals surface area contributed by atoms with Crippen LogP contribution in [0.4, 0.5) is 10.5 Å². The first kappa shape index (κ1) is 26.4. The van der Waals surface area contributed by atoms with Crippen LogP contribution in [0.25, 0.3) is 11.1 Å². The molecule has 0 aliphatic carbocycles. The molecule has 2 fully saturated rings. The highest BCUT2D eigenvalue weighted by molar-refractivity contribution is 5.92. The first-order valence-electron chi connectivity index (χ1n) is 13.1. The summed E-state index contributed by atoms with van der Waals surface area (Å²) in [5, 5.41) is 25.2. The fourth-order valence-electron chi connectivity index (χ4n) is 5.12. The quantitative estimate of drug-likeness (QED) is 0.378. The Labute approximate surface area is 214 Å². The normalized spacial score (nSPS) is 20.6. The van der Waals surface area contributed by atoms with E-state index >= 15 is 0 Å². The minimum absolute atomic E-state index is 0.186. The average Bonchev–Trinajstić information content (AvgIpc) is 3.46. The Morgan fingerprint density at radius 3 is 2.25 bits per heavy atom. The highest BCUT2D eigenvalue weighted by Gasteiger charge is 2.20. The first-order valence-corrected chi connectivity index (χ1v) is 13.1. The van der Waals surface area contributed by atoms with Crippen molar-refractivity contribution in [1.29, 1.82) is 0 Å². The van der Waals surface area contributed by atoms with Crippen LogP contribution in [-0.4, -0.2) is 90.7 Å². The number of hydrogen-bond donors (Lipinski definition) is 4. The molecule has 196 valence electrons. The van der Waals surface area contributed by atoms with Gasteiger partial charge >= 0.3 is 6.03 Å². The van der Waals surface area contributed by atoms with Gasteiger partial charge in [0.2, 0.25) is 0 Å². The topological polar surface area (TPSA) is 97.3 Å². The molecule has 0 aromatic heterocycles. The van der Waals surface area contributed by atoms with Gasteiger partial charge in [-0.25, -0.2) is 4.79 Å². The largest absolute Gasteiger partial charge is 0.493 e. The highest BCUT2D eigenvalue weighted by Crippen LogP contribution is 2.34. The van der Waals surface area contributed by atoms with Gasteiger partial charge in [0.15, 0.2) is 0 Å². The van der Waals surface area contributed by atoms with Gasteiger partial charge in [0.25, 0.3) is 0 Å². The number of ether oxygens (including phenoxy) is 1. The predicted molar refractivity (Wildman–Crippen MR) is 143 cm³/mol. The van der Waals surface area contributed by atoms with E-state index in [1.165, 1.54) is 0 Å². The number of likely N-dealkylation sites (tertiary alicyclic amines) is 2. The van der Waals surface area contributed by atoms with Crippen LogP contribution in [0.2, 0.25) is 0 Å². The van der Waals surface area contributed by atoms with Crippen LogP contribution in [0.1, 0.15) is 30.4 Å². The summed E-state index contributed by atoms with van der Waals surface area (Å²) < 4.78 is 6.12. The number of anilines is 1. The average molecular weight is 497 g/mol. The van der Waals surface area contributed by atoms with Gasteiger partial charge < -0.3 is 30.5 Å². The van der Waals surface area contributed by atoms with E-state index in [1.54, 1.807) is 0 Å². The molecule has 36 heavy (non-hydrogen) atoms. The molecule has 4 rings (SSSR count). The van der Waals surface area contributed by atoms with Gasteiger partial charge in [-0.15, -0.1) is 0 Å². The molecule has 2 aliphatic heterocycles. The van der Waals surface area contributed by atoms with Gasteiger partial charge in [0, 0.05) is 51.5 Å². The molecule has 2 aliphatic rings. The van der Waals surface area contributed by atoms with Gasteiger partial charge in [-0.3, -0.25) is 4.90 Å². The van der Waals surface area contributed by atoms with Crippen molar-refractivity contribution in [2.24, 2.45) is 0 Å². The number of aliphatic hydroxyl groups excluding tert-OH is 2. The van der Waals surface area contributed by atoms with Crippen LogP contribution in [0, 0.1) is 13.8 Å². The molecule has 2 amide bonds. The molecular weight excluding hydrogens is 456 g/mol. The molecule has 2 saturated heterocycles. The minimum atomic E-state index is -0.249. The summed E-state index contributed by atoms with van der Waals surface area (Å²) in [5.74, 6) is 0.872. The molecule has 4 N–H and O–H groups in total. The Hall–Kier alpha value is -2.65. The molecule has 0 radical (unpaired) electrons. The molecule has 0 unspecified atom stereocenters. The number of β-amino-alcohol motifs (C(OH)–C–C–N with tert-alkyl or cyclic N) is 2. The van der Waals surface area contributed by atoms with Crippen molar-refractivity contribution in [2.45, 2.75) is 45.3 Å². The molecule has 2 atom stereocenters. The number of rotatable bonds is 10. The van der Waals surface area contributed by atoms with Crippen LogP contribution >= 0.6 is 0 Å². The van der Waals surface area contributed by atoms with E-state index in [0.29, 0.717) is 19.7 Å². The summed E-state index contributed by atoms with van der Waals surface area (Å²) in [6.45, 7) is 10.2. The first-order chi connectivity index (χ1) is 17.4. The molecule has 2 aromatic carbocycles. The van der Waals surface area contributed by atoms with E-state index in [4.69, 9.17) is 4.74 Å². The Kier molecular flexibility index (Phi) is 9.20. The van der Waals surface area contributed by atoms with Gasteiger partial charge in [0.1, 0.15) is 5.75 Å². The third-order valence-electron chi connectivity index (χ3n) is 7.24. The lowest BCUT2D eigenvalue weighted by atomic mass is 9.95. The van der Waals surface area contributed by atoms with Gasteiger partial charge in [-0.1, -0.05) is 24.3 Å². The zero-order chi connectivity index (χ0) is 25.5. The Bertz CT molecular complexity index is 1030. The Morgan fingerprint density at radius 2 is 1.58 bits per heavy atom. The molecule has 0 bridgehead atoms. The van der Waals surface area contributed by atoms with Crippen molar-refractivity contribution >= 4 is 11.7 Å². The van der Waals surface area contributed by atoms with Crippen molar-refractivity contribution in [3.05, 3.63) is 47.5 Å². The zero-order valence-electron chi connectivity index (χ0n) is 21.5. The van der Waals surface area contributed by atoms with Crippen molar-refractivity contribution in [1.82, 2.24) is 15.1 Å². The Balaban J connectivity index is 1.32. The number of urea groups is 1. The van der Waals surface area contributed by atoms with E-state index in [0.717, 1.165) is 85.7 Å². The van der Waals surface area contributed by atoms with Crippen molar-refractivity contribution in [3.63, 3.8) is 0 Å². The number of carbonyl (C=O) groups excluding carboxylic acids is 1. The lowest BCUT2D eigenvalue weighted by Gasteiger charge is -2.18. The molecule has 8 nitrogen and oxygen atoms in total. The second kappa shape index (κ2) is 12.5. The lowest BCUT2D eigenvalue weighted by Crippen LogP contribution is -2.36. The number of nitrogens with one attached hydrogen (secondary N) is 2. The number of nitrogens with zero attached hydrogens (tertiary/aromatic N) is 2. The summed E-state index contributed by atoms with van der Waals surface area (Å²) in [6.07, 6.45) is 2.15. The Morgan fingerprint density at radius 1 is 0.944 bits per heavy atom. The number of benzene rings is 2. The number of amides is 2. The minimum Gasteiger partial charge on any atom is -0.493 e. The molecule has 0 spiro atoms. The fraction of sp³-hybridized carbons (Fsp3) is 0.536. The summed E-state index contributed by atoms with van der Waals surface area (Å²) in [7, 11) is 0. The number of hydrogen-bond acceptors (Lipinski definition) is 6. The van der Waals surface area contributed by atoms with Crippen LogP contribution in [-0.2, 0) is 0 Å². The van der Waals surface area contributed by atoms with Crippen molar-refractivity contribution in [3.8, 4) is 16.9 Å². The zero-order valence-corrected chi connectivity index (χ0v) is 21.5. The number of aliphatic hydroxyl groups is 2. The molecule has 0 saturated carbocycles. The van der Waals surface area contributed by atoms with Crippen LogP contribution in [0.15, 0.2) is 36.4 Å². The molecule has 2 heterocycles. The predicted octanol–water partition coefficient (Wildman–Crippen LogP) is 2.99. The van der Waals surface area contributed by atoms with Crippen molar-refractivity contribution in [2.75, 3.05) is 57.7 Å². The summed E-state index contributed by atoms with van der Waals surface area (Å²) in [4.78, 5) is 16.9. The monoisotopic (exact) mass is 496 g/mol. The van der Waals surface area contributed by atoms with E-state index in [2.05, 4.69) is 39.5 Å². The van der Waals surface area contributed by atoms with E-state index < -0.39 is 0 Å². The summed E-state index contributed by atoms with van der Waals surface area (Å²) >= 11 is 0. The maximum atomic E-state index is 12.5. The smallest absolute Gasteiger partial charge is 0.319 e. The fourth-order valence-corrected chi connectivity index (χ4v) is 5.12. The van der Waals surface area contributed by atoms with Crippen LogP contribution in [0.3, 0.4) is 0 Å². The second-order valence-corrected chi connectivity index (χ2v) is 9.98. The molecule has 2 aromatic rings. The SMILES string of the molecule is Cc1c(NC(=O)NCCN2CC[C@@H](O)C2)cccc1-c1cccc(OCCCN2CC[C@@H](O)C2)c1C. The number of carbonyl (C=O) groups is 1. The van der Waals surface area contributed by atoms with Crippen LogP contribution in [0.5, 0.6) is 5.75 Å². The molecule has 8 heteroatoms. The van der Waals surface area contributed by atoms with Gasteiger partial charge in [0.05, 0.1) is 18.8 Å². The van der Waals surface area contributed by atoms with Gasteiger partial charge in [-0.05, 0) is 67.5 Å². The maximum absolute atomic E-state index is 12.5. The third-order valence-corrected chi connectivity index (χ3v) is 7.24. The third kappa shape index (κ3) is 6.97. The maximum Gasteiger partial charge on any atom is 0.319 e. The standard InChI is InChI=1S/C28H40N4O4/c1-20-24(6-3-8-26(20)30-28(35)29-12-16-32-15-11-23(34)19-32)25-7-4-9-27(21(25)2)36-17-5-13-31-14-10-22(33)18-31/h3-4,6-9,22-23,33-34H,5,10-19H2,1-2H3,(H2,29,30,35)/t22-,23-/m1/s1. The van der Waals surface area contributed by atoms with E-state index in [9.17, 15) is 15.0 Å². The van der Waals surface area contributed by atoms with E-state index in [-0.39, 0.29) is 18.2 Å². The van der Waals surface area contributed by atoms with Crippen molar-refractivity contribution < 1.29 is 19.7 Å². The summed E-state index contributed by atoms with van der Waals surface area (Å²) in [5.41, 5.74) is 5.01. The van der Waals surface area contributed by atoms with Crippen LogP contribution < -0.4 is 15.4 Å². The second-order valence-electron chi connectivity index (χ2n) is 9.98. The van der Waals surface area contributed by atoms with Gasteiger partial charge in [-0.2, -0.15) is 0 Å². The summed E-state index contributed by atoms with van der Waals surface area (Å²) in [6, 6.07) is 11.8. The van der Waals surface area contributed by atoms with E-state index in [1.807, 2.05) is 31.2 Å². The lowest BCUT2D eigenvalue weighted by molar-refractivity contribution is 0.173.